The Bertz CT molecular complexity index is 1040. The molecule has 7 nitrogen and oxygen atoms in total. The zero-order chi connectivity index (χ0) is 16.6. The van der Waals surface area contributed by atoms with Gasteiger partial charge in [-0.2, -0.15) is 0 Å². The van der Waals surface area contributed by atoms with Gasteiger partial charge in [0.25, 0.3) is 5.56 Å². The molecule has 3 rings (SSSR count). The minimum Gasteiger partial charge on any atom is -0.486 e. The molecule has 2 N–H and O–H groups in total. The van der Waals surface area contributed by atoms with Crippen molar-refractivity contribution in [1.82, 2.24) is 9.38 Å². The summed E-state index contributed by atoms with van der Waals surface area (Å²) in [6, 6.07) is 5.33. The number of rotatable bonds is 4. The van der Waals surface area contributed by atoms with Crippen molar-refractivity contribution in [2.75, 3.05) is 0 Å². The number of sulfonamides is 1. The van der Waals surface area contributed by atoms with Gasteiger partial charge in [0.1, 0.15) is 17.3 Å². The lowest BCUT2D eigenvalue weighted by molar-refractivity contribution is 0.293. The number of primary sulfonamides is 1. The van der Waals surface area contributed by atoms with Crippen LogP contribution in [0.2, 0.25) is 5.02 Å². The second kappa shape index (κ2) is 5.93. The van der Waals surface area contributed by atoms with Crippen LogP contribution >= 0.6 is 22.9 Å². The van der Waals surface area contributed by atoms with Gasteiger partial charge in [0.05, 0.1) is 5.69 Å². The maximum absolute atomic E-state index is 11.9. The quantitative estimate of drug-likeness (QED) is 0.750. The third-order valence-corrected chi connectivity index (χ3v) is 4.89. The van der Waals surface area contributed by atoms with E-state index in [1.165, 1.54) is 40.0 Å². The first-order valence-corrected chi connectivity index (χ1v) is 9.06. The summed E-state index contributed by atoms with van der Waals surface area (Å²) in [4.78, 5) is 16.5. The minimum absolute atomic E-state index is 0.00757. The highest BCUT2D eigenvalue weighted by Crippen LogP contribution is 2.27. The van der Waals surface area contributed by atoms with Crippen molar-refractivity contribution in [3.63, 3.8) is 0 Å². The first kappa shape index (κ1) is 15.9. The molecule has 0 saturated heterocycles. The maximum atomic E-state index is 11.9. The molecule has 0 aliphatic rings. The fourth-order valence-electron chi connectivity index (χ4n) is 1.94. The Balaban J connectivity index is 1.93. The summed E-state index contributed by atoms with van der Waals surface area (Å²) in [5.74, 6) is 0.00757. The summed E-state index contributed by atoms with van der Waals surface area (Å²) in [7, 11) is -3.96. The molecular formula is C13H10ClN3O4S2. The van der Waals surface area contributed by atoms with Crippen molar-refractivity contribution < 1.29 is 13.2 Å². The molecule has 0 radical (unpaired) electrons. The third kappa shape index (κ3) is 3.37. The van der Waals surface area contributed by atoms with Crippen LogP contribution in [0.25, 0.3) is 4.96 Å². The molecule has 0 aliphatic heterocycles. The summed E-state index contributed by atoms with van der Waals surface area (Å²) >= 11 is 7.16. The van der Waals surface area contributed by atoms with Crippen LogP contribution in [0.4, 0.5) is 0 Å². The number of ether oxygens (including phenoxy) is 1. The molecule has 2 heterocycles. The van der Waals surface area contributed by atoms with Gasteiger partial charge >= 0.3 is 0 Å². The molecule has 0 unspecified atom stereocenters. The number of nitrogens with zero attached hydrogens (tertiary/aromatic N) is 2. The smallest absolute Gasteiger partial charge is 0.258 e. The molecule has 23 heavy (non-hydrogen) atoms. The van der Waals surface area contributed by atoms with E-state index >= 15 is 0 Å². The summed E-state index contributed by atoms with van der Waals surface area (Å²) in [6.07, 6.45) is 1.62. The Hall–Kier alpha value is -1.94. The van der Waals surface area contributed by atoms with Gasteiger partial charge < -0.3 is 4.74 Å². The first-order chi connectivity index (χ1) is 10.8. The molecule has 0 saturated carbocycles. The van der Waals surface area contributed by atoms with Crippen LogP contribution in [0.5, 0.6) is 5.75 Å². The highest BCUT2D eigenvalue weighted by molar-refractivity contribution is 7.89. The van der Waals surface area contributed by atoms with E-state index in [0.29, 0.717) is 15.7 Å². The standard InChI is InChI=1S/C13H10ClN3O4S2/c14-8-1-2-11(23(15,19)20)10(5-8)21-7-9-6-12(18)17-3-4-22-13(17)16-9/h1-6H,7H2,(H2,15,19,20). The predicted octanol–water partition coefficient (Wildman–Crippen LogP) is 1.64. The Morgan fingerprint density at radius 2 is 2.13 bits per heavy atom. The summed E-state index contributed by atoms with van der Waals surface area (Å²) in [5.41, 5.74) is 0.130. The van der Waals surface area contributed by atoms with Crippen molar-refractivity contribution in [3.8, 4) is 5.75 Å². The fraction of sp³-hybridized carbons (Fsp3) is 0.0769. The number of hydrogen-bond donors (Lipinski definition) is 1. The van der Waals surface area contributed by atoms with Crippen molar-refractivity contribution in [3.05, 3.63) is 56.9 Å². The van der Waals surface area contributed by atoms with Gasteiger partial charge in [0.15, 0.2) is 4.96 Å². The molecule has 0 bridgehead atoms. The molecule has 1 aromatic carbocycles. The Morgan fingerprint density at radius 1 is 1.35 bits per heavy atom. The lowest BCUT2D eigenvalue weighted by atomic mass is 10.3. The molecule has 10 heteroatoms. The van der Waals surface area contributed by atoms with E-state index in [9.17, 15) is 13.2 Å². The molecular weight excluding hydrogens is 362 g/mol. The van der Waals surface area contributed by atoms with Gasteiger partial charge in [-0.3, -0.25) is 9.20 Å². The predicted molar refractivity (Wildman–Crippen MR) is 86.5 cm³/mol. The third-order valence-electron chi connectivity index (χ3n) is 2.94. The zero-order valence-electron chi connectivity index (χ0n) is 11.5. The van der Waals surface area contributed by atoms with E-state index in [-0.39, 0.29) is 22.8 Å². The highest BCUT2D eigenvalue weighted by atomic mass is 35.5. The van der Waals surface area contributed by atoms with E-state index in [0.717, 1.165) is 0 Å². The maximum Gasteiger partial charge on any atom is 0.258 e. The lowest BCUT2D eigenvalue weighted by Gasteiger charge is -2.10. The summed E-state index contributed by atoms with van der Waals surface area (Å²) in [6.45, 7) is -0.0908. The van der Waals surface area contributed by atoms with Gasteiger partial charge in [0, 0.05) is 28.7 Å². The summed E-state index contributed by atoms with van der Waals surface area (Å²) < 4.78 is 30.0. The van der Waals surface area contributed by atoms with Crippen LogP contribution in [-0.2, 0) is 16.6 Å². The van der Waals surface area contributed by atoms with Crippen LogP contribution in [0.1, 0.15) is 5.69 Å². The van der Waals surface area contributed by atoms with Crippen molar-refractivity contribution >= 4 is 37.9 Å². The van der Waals surface area contributed by atoms with Crippen molar-refractivity contribution in [2.45, 2.75) is 11.5 Å². The second-order valence-electron chi connectivity index (χ2n) is 4.57. The topological polar surface area (TPSA) is 104 Å². The number of benzene rings is 1. The molecule has 0 aliphatic carbocycles. The largest absolute Gasteiger partial charge is 0.486 e. The average Bonchev–Trinajstić information content (AvgIpc) is 2.93. The number of nitrogens with two attached hydrogens (primary N) is 1. The Kier molecular flexibility index (Phi) is 4.11. The Morgan fingerprint density at radius 3 is 2.87 bits per heavy atom. The van der Waals surface area contributed by atoms with Gasteiger partial charge in [-0.1, -0.05) is 11.6 Å². The molecule has 120 valence electrons. The molecule has 0 spiro atoms. The number of aromatic nitrogens is 2. The fourth-order valence-corrected chi connectivity index (χ4v) is 3.50. The molecule has 0 atom stereocenters. The molecule has 2 aromatic heterocycles. The van der Waals surface area contributed by atoms with E-state index in [1.807, 2.05) is 0 Å². The highest BCUT2D eigenvalue weighted by Gasteiger charge is 2.16. The monoisotopic (exact) mass is 371 g/mol. The second-order valence-corrected chi connectivity index (χ2v) is 7.41. The molecule has 0 amide bonds. The lowest BCUT2D eigenvalue weighted by Crippen LogP contribution is -2.16. The number of thiazole rings is 1. The van der Waals surface area contributed by atoms with Crippen LogP contribution in [0.15, 0.2) is 45.5 Å². The van der Waals surface area contributed by atoms with Crippen LogP contribution < -0.4 is 15.4 Å². The van der Waals surface area contributed by atoms with Crippen molar-refractivity contribution in [1.29, 1.82) is 0 Å². The van der Waals surface area contributed by atoms with Gasteiger partial charge in [-0.25, -0.2) is 18.5 Å². The van der Waals surface area contributed by atoms with Crippen LogP contribution in [-0.4, -0.2) is 17.8 Å². The zero-order valence-corrected chi connectivity index (χ0v) is 13.9. The normalized spacial score (nSPS) is 11.7. The Labute approximate surface area is 140 Å². The average molecular weight is 372 g/mol. The summed E-state index contributed by atoms with van der Waals surface area (Å²) in [5, 5.41) is 7.18. The van der Waals surface area contributed by atoms with E-state index in [2.05, 4.69) is 4.98 Å². The number of halogens is 1. The van der Waals surface area contributed by atoms with Gasteiger partial charge in [-0.05, 0) is 12.1 Å². The molecule has 3 aromatic rings. The number of hydrogen-bond acceptors (Lipinski definition) is 6. The van der Waals surface area contributed by atoms with Gasteiger partial charge in [0.2, 0.25) is 10.0 Å². The van der Waals surface area contributed by atoms with Crippen molar-refractivity contribution in [2.24, 2.45) is 5.14 Å². The van der Waals surface area contributed by atoms with E-state index in [4.69, 9.17) is 21.5 Å². The number of fused-ring (bicyclic) bond motifs is 1. The van der Waals surface area contributed by atoms with Crippen LogP contribution in [0.3, 0.4) is 0 Å². The first-order valence-electron chi connectivity index (χ1n) is 6.25. The minimum atomic E-state index is -3.96. The van der Waals surface area contributed by atoms with Crippen LogP contribution in [0, 0.1) is 0 Å². The van der Waals surface area contributed by atoms with E-state index < -0.39 is 10.0 Å². The van der Waals surface area contributed by atoms with Gasteiger partial charge in [-0.15, -0.1) is 11.3 Å². The SMILES string of the molecule is NS(=O)(=O)c1ccc(Cl)cc1OCc1cc(=O)n2ccsc2n1. The molecule has 0 fully saturated rings. The van der Waals surface area contributed by atoms with E-state index in [1.54, 1.807) is 11.6 Å².